The summed E-state index contributed by atoms with van der Waals surface area (Å²) >= 11 is 5.51. The first-order valence-electron chi connectivity index (χ1n) is 2.91. The Labute approximate surface area is 82.0 Å². The van der Waals surface area contributed by atoms with Gasteiger partial charge in [0.25, 0.3) is 0 Å². The van der Waals surface area contributed by atoms with Crippen LogP contribution in [-0.2, 0) is 0 Å². The molecular weight excluding hydrogens is 234 g/mol. The molecule has 0 aliphatic carbocycles. The molecule has 0 amide bonds. The van der Waals surface area contributed by atoms with Crippen LogP contribution < -0.4 is 0 Å². The van der Waals surface area contributed by atoms with Crippen LogP contribution >= 0.6 is 51.3 Å². The maximum atomic E-state index is 5.63. The normalized spacial score (nSPS) is 16.9. The Hall–Kier alpha value is 1.51. The van der Waals surface area contributed by atoms with E-state index < -0.39 is 7.67 Å². The molecule has 0 heterocycles. The highest BCUT2D eigenvalue weighted by atomic mass is 36.2. The van der Waals surface area contributed by atoms with Crippen LogP contribution in [-0.4, -0.2) is 11.6 Å². The fraction of sp³-hybridized carbons (Fsp3) is 1.00. The van der Waals surface area contributed by atoms with Gasteiger partial charge in [-0.2, -0.15) is 0 Å². The number of rotatable bonds is 4. The summed E-state index contributed by atoms with van der Waals surface area (Å²) in [5.74, 6) is 1.71. The third-order valence-corrected chi connectivity index (χ3v) is 3.37. The second kappa shape index (κ2) is 5.21. The number of hydrogen-bond acceptors (Lipinski definition) is 0. The molecule has 64 valence electrons. The van der Waals surface area contributed by atoms with Gasteiger partial charge in [-0.15, -0.1) is 11.6 Å². The molecule has 0 N–H and O–H groups in total. The Morgan fingerprint density at radius 1 is 1.30 bits per heavy atom. The standard InChI is InChI=1S/C5H10Cl4S/c1-5(2-3-6)4-10(7,8)9/h5H,2-4H2,1H3. The van der Waals surface area contributed by atoms with Gasteiger partial charge in [0, 0.05) is 11.6 Å². The molecule has 0 rings (SSSR count). The highest BCUT2D eigenvalue weighted by Crippen LogP contribution is 2.64. The minimum atomic E-state index is -1.89. The first-order valence-corrected chi connectivity index (χ1v) is 7.73. The van der Waals surface area contributed by atoms with Gasteiger partial charge in [-0.1, -0.05) is 6.92 Å². The van der Waals surface area contributed by atoms with Crippen molar-refractivity contribution < 1.29 is 0 Å². The van der Waals surface area contributed by atoms with Crippen molar-refractivity contribution in [2.75, 3.05) is 11.6 Å². The second-order valence-corrected chi connectivity index (χ2v) is 10.1. The van der Waals surface area contributed by atoms with Crippen molar-refractivity contribution in [3.8, 4) is 0 Å². The Morgan fingerprint density at radius 3 is 2.10 bits per heavy atom. The first kappa shape index (κ1) is 11.5. The lowest BCUT2D eigenvalue weighted by Gasteiger charge is -2.19. The van der Waals surface area contributed by atoms with Gasteiger partial charge >= 0.3 is 0 Å². The highest BCUT2D eigenvalue weighted by Gasteiger charge is 2.17. The van der Waals surface area contributed by atoms with Gasteiger partial charge in [-0.3, -0.25) is 0 Å². The monoisotopic (exact) mass is 242 g/mol. The summed E-state index contributed by atoms with van der Waals surface area (Å²) in [7, 11) is 15.0. The molecule has 0 aromatic heterocycles. The predicted molar refractivity (Wildman–Crippen MR) is 54.5 cm³/mol. The van der Waals surface area contributed by atoms with Crippen LogP contribution in [0.25, 0.3) is 0 Å². The topological polar surface area (TPSA) is 0 Å². The van der Waals surface area contributed by atoms with E-state index in [0.717, 1.165) is 6.42 Å². The molecule has 0 aromatic rings. The van der Waals surface area contributed by atoms with Gasteiger partial charge in [-0.25, -0.2) is 0 Å². The average Bonchev–Trinajstić information content (AvgIpc) is 1.59. The van der Waals surface area contributed by atoms with Crippen molar-refractivity contribution in [1.82, 2.24) is 0 Å². The van der Waals surface area contributed by atoms with Crippen LogP contribution in [0, 0.1) is 5.92 Å². The fourth-order valence-corrected chi connectivity index (χ4v) is 3.71. The van der Waals surface area contributed by atoms with Crippen molar-refractivity contribution in [2.45, 2.75) is 13.3 Å². The molecule has 0 spiro atoms. The summed E-state index contributed by atoms with van der Waals surface area (Å²) in [6, 6.07) is 0. The lowest BCUT2D eigenvalue weighted by molar-refractivity contribution is 0.641. The number of hydrogen-bond donors (Lipinski definition) is 0. The van der Waals surface area contributed by atoms with Crippen LogP contribution in [0.1, 0.15) is 13.3 Å². The molecule has 1 atom stereocenters. The number of halogens is 4. The molecule has 0 aliphatic heterocycles. The van der Waals surface area contributed by atoms with Crippen LogP contribution in [0.4, 0.5) is 0 Å². The molecular formula is C5H10Cl4S. The molecule has 0 fully saturated rings. The smallest absolute Gasteiger partial charge is 0.0226 e. The van der Waals surface area contributed by atoms with Crippen molar-refractivity contribution in [3.05, 3.63) is 0 Å². The molecule has 0 nitrogen and oxygen atoms in total. The zero-order chi connectivity index (χ0) is 8.20. The maximum absolute atomic E-state index is 5.63. The van der Waals surface area contributed by atoms with E-state index in [1.165, 1.54) is 0 Å². The van der Waals surface area contributed by atoms with E-state index in [2.05, 4.69) is 0 Å². The summed E-state index contributed by atoms with van der Waals surface area (Å²) in [4.78, 5) is 0. The maximum Gasteiger partial charge on any atom is 0.0226 e. The van der Waals surface area contributed by atoms with Crippen molar-refractivity contribution >= 4 is 51.3 Å². The predicted octanol–water partition coefficient (Wildman–Crippen LogP) is 4.52. The van der Waals surface area contributed by atoms with E-state index in [9.17, 15) is 0 Å². The summed E-state index contributed by atoms with van der Waals surface area (Å²) < 4.78 is 0. The number of alkyl halides is 1. The van der Waals surface area contributed by atoms with Crippen LogP contribution in [0.2, 0.25) is 0 Å². The third kappa shape index (κ3) is 7.62. The van der Waals surface area contributed by atoms with Crippen molar-refractivity contribution in [1.29, 1.82) is 0 Å². The summed E-state index contributed by atoms with van der Waals surface area (Å²) in [5, 5.41) is 0. The highest BCUT2D eigenvalue weighted by molar-refractivity contribution is 8.79. The Morgan fingerprint density at radius 2 is 1.80 bits per heavy atom. The fourth-order valence-electron chi connectivity index (χ4n) is 0.592. The van der Waals surface area contributed by atoms with E-state index in [1.54, 1.807) is 0 Å². The van der Waals surface area contributed by atoms with Gasteiger partial charge in [0.05, 0.1) is 0 Å². The quantitative estimate of drug-likeness (QED) is 0.638. The van der Waals surface area contributed by atoms with E-state index >= 15 is 0 Å². The zero-order valence-electron chi connectivity index (χ0n) is 5.62. The molecule has 5 heteroatoms. The van der Waals surface area contributed by atoms with Crippen LogP contribution in [0.15, 0.2) is 0 Å². The van der Waals surface area contributed by atoms with Gasteiger partial charge in [0.2, 0.25) is 0 Å². The van der Waals surface area contributed by atoms with Gasteiger partial charge in [0.15, 0.2) is 0 Å². The lowest BCUT2D eigenvalue weighted by Crippen LogP contribution is -2.01. The molecule has 10 heavy (non-hydrogen) atoms. The van der Waals surface area contributed by atoms with Crippen molar-refractivity contribution in [3.63, 3.8) is 0 Å². The van der Waals surface area contributed by atoms with E-state index in [1.807, 2.05) is 6.92 Å². The van der Waals surface area contributed by atoms with E-state index in [-0.39, 0.29) is 0 Å². The lowest BCUT2D eigenvalue weighted by atomic mass is 10.2. The minimum absolute atomic E-state index is 0.417. The zero-order valence-corrected chi connectivity index (χ0v) is 9.46. The summed E-state index contributed by atoms with van der Waals surface area (Å²) in [6.07, 6.45) is 0.919. The van der Waals surface area contributed by atoms with Crippen molar-refractivity contribution in [2.24, 2.45) is 5.92 Å². The minimum Gasteiger partial charge on any atom is -0.127 e. The molecule has 0 aliphatic rings. The molecule has 0 bridgehead atoms. The van der Waals surface area contributed by atoms with E-state index in [4.69, 9.17) is 43.6 Å². The largest absolute Gasteiger partial charge is 0.127 e. The Bertz CT molecular complexity index is 90.1. The van der Waals surface area contributed by atoms with Crippen LogP contribution in [0.5, 0.6) is 0 Å². The Balaban J connectivity index is 3.47. The molecule has 0 saturated carbocycles. The molecule has 0 saturated heterocycles. The Kier molecular flexibility index (Phi) is 5.99. The molecule has 0 radical (unpaired) electrons. The SMILES string of the molecule is CC(CCCl)CS(Cl)(Cl)Cl. The second-order valence-electron chi connectivity index (χ2n) is 2.25. The summed E-state index contributed by atoms with van der Waals surface area (Å²) in [5.41, 5.74) is 0. The molecule has 0 aromatic carbocycles. The first-order chi connectivity index (χ1) is 4.45. The van der Waals surface area contributed by atoms with Gasteiger partial charge in [0.1, 0.15) is 0 Å². The van der Waals surface area contributed by atoms with Gasteiger partial charge in [-0.05, 0) is 52.1 Å². The van der Waals surface area contributed by atoms with Crippen LogP contribution in [0.3, 0.4) is 0 Å². The van der Waals surface area contributed by atoms with E-state index in [0.29, 0.717) is 17.6 Å². The average molecular weight is 244 g/mol. The van der Waals surface area contributed by atoms with Gasteiger partial charge < -0.3 is 0 Å². The third-order valence-electron chi connectivity index (χ3n) is 1.08. The molecule has 1 unspecified atom stereocenters. The summed E-state index contributed by atoms with van der Waals surface area (Å²) in [6.45, 7) is 2.04.